The lowest BCUT2D eigenvalue weighted by Crippen LogP contribution is -2.22. The Labute approximate surface area is 93.6 Å². The van der Waals surface area contributed by atoms with Crippen LogP contribution in [0.4, 0.5) is 5.95 Å². The number of carbonyl (C=O) groups is 1. The Morgan fingerprint density at radius 2 is 1.75 bits per heavy atom. The first-order valence-corrected chi connectivity index (χ1v) is 4.93. The molecule has 0 aliphatic carbocycles. The van der Waals surface area contributed by atoms with Gasteiger partial charge in [-0.3, -0.25) is 9.69 Å². The zero-order chi connectivity index (χ0) is 11.2. The molecule has 0 radical (unpaired) electrons. The standard InChI is InChI=1S/C12H11N3O/c16-10-15(12-13-7-4-8-14-12)9-11-5-2-1-3-6-11/h1-8,10H,9H2. The highest BCUT2D eigenvalue weighted by atomic mass is 16.1. The van der Waals surface area contributed by atoms with Gasteiger partial charge in [-0.05, 0) is 11.6 Å². The molecule has 4 nitrogen and oxygen atoms in total. The molecule has 0 fully saturated rings. The van der Waals surface area contributed by atoms with Crippen molar-refractivity contribution in [3.05, 3.63) is 54.4 Å². The van der Waals surface area contributed by atoms with Gasteiger partial charge in [-0.25, -0.2) is 9.97 Å². The molecule has 0 saturated heterocycles. The largest absolute Gasteiger partial charge is 0.279 e. The van der Waals surface area contributed by atoms with Crippen molar-refractivity contribution in [1.82, 2.24) is 9.97 Å². The molecule has 0 spiro atoms. The van der Waals surface area contributed by atoms with Crippen molar-refractivity contribution in [2.45, 2.75) is 6.54 Å². The molecule has 1 amide bonds. The van der Waals surface area contributed by atoms with Crippen molar-refractivity contribution in [3.63, 3.8) is 0 Å². The number of amides is 1. The quantitative estimate of drug-likeness (QED) is 0.725. The SMILES string of the molecule is O=CN(Cc1ccccc1)c1ncccn1. The van der Waals surface area contributed by atoms with Crippen molar-refractivity contribution < 1.29 is 4.79 Å². The van der Waals surface area contributed by atoms with Crippen molar-refractivity contribution >= 4 is 12.4 Å². The molecule has 16 heavy (non-hydrogen) atoms. The van der Waals surface area contributed by atoms with Gasteiger partial charge in [0.25, 0.3) is 0 Å². The smallest absolute Gasteiger partial charge is 0.232 e. The summed E-state index contributed by atoms with van der Waals surface area (Å²) >= 11 is 0. The van der Waals surface area contributed by atoms with E-state index in [9.17, 15) is 4.79 Å². The summed E-state index contributed by atoms with van der Waals surface area (Å²) in [5, 5.41) is 0. The minimum atomic E-state index is 0.418. The summed E-state index contributed by atoms with van der Waals surface area (Å²) in [5.74, 6) is 0.418. The van der Waals surface area contributed by atoms with Crippen LogP contribution >= 0.6 is 0 Å². The van der Waals surface area contributed by atoms with Crippen molar-refractivity contribution in [2.24, 2.45) is 0 Å². The highest BCUT2D eigenvalue weighted by molar-refractivity contribution is 5.70. The first-order valence-electron chi connectivity index (χ1n) is 4.93. The van der Waals surface area contributed by atoms with Crippen LogP contribution in [-0.2, 0) is 11.3 Å². The van der Waals surface area contributed by atoms with E-state index < -0.39 is 0 Å². The second kappa shape index (κ2) is 5.02. The third-order valence-corrected chi connectivity index (χ3v) is 2.13. The van der Waals surface area contributed by atoms with E-state index in [0.29, 0.717) is 12.5 Å². The van der Waals surface area contributed by atoms with Crippen molar-refractivity contribution in [3.8, 4) is 0 Å². The van der Waals surface area contributed by atoms with E-state index >= 15 is 0 Å². The summed E-state index contributed by atoms with van der Waals surface area (Å²) in [6, 6.07) is 11.4. The van der Waals surface area contributed by atoms with Crippen LogP contribution in [0.25, 0.3) is 0 Å². The summed E-state index contributed by atoms with van der Waals surface area (Å²) in [6.45, 7) is 0.481. The van der Waals surface area contributed by atoms with Gasteiger partial charge < -0.3 is 0 Å². The van der Waals surface area contributed by atoms with Gasteiger partial charge in [0, 0.05) is 12.4 Å². The molecule has 0 atom stereocenters. The van der Waals surface area contributed by atoms with E-state index in [4.69, 9.17) is 0 Å². The average Bonchev–Trinajstić information content (AvgIpc) is 2.38. The Morgan fingerprint density at radius 1 is 1.06 bits per heavy atom. The topological polar surface area (TPSA) is 46.1 Å². The number of hydrogen-bond donors (Lipinski definition) is 0. The molecule has 0 saturated carbocycles. The number of nitrogens with zero attached hydrogens (tertiary/aromatic N) is 3. The van der Waals surface area contributed by atoms with Crippen LogP contribution in [0.1, 0.15) is 5.56 Å². The maximum Gasteiger partial charge on any atom is 0.232 e. The first kappa shape index (κ1) is 10.3. The molecule has 0 aliphatic heterocycles. The van der Waals surface area contributed by atoms with Gasteiger partial charge in [0.1, 0.15) is 0 Å². The minimum absolute atomic E-state index is 0.418. The van der Waals surface area contributed by atoms with Crippen LogP contribution in [0.2, 0.25) is 0 Å². The fourth-order valence-electron chi connectivity index (χ4n) is 1.37. The zero-order valence-corrected chi connectivity index (χ0v) is 8.65. The minimum Gasteiger partial charge on any atom is -0.279 e. The number of hydrogen-bond acceptors (Lipinski definition) is 3. The van der Waals surface area contributed by atoms with Crippen LogP contribution in [-0.4, -0.2) is 16.4 Å². The average molecular weight is 213 g/mol. The predicted molar refractivity (Wildman–Crippen MR) is 60.7 cm³/mol. The molecule has 2 aromatic rings. The number of rotatable bonds is 4. The Kier molecular flexibility index (Phi) is 3.23. The highest BCUT2D eigenvalue weighted by Crippen LogP contribution is 2.08. The van der Waals surface area contributed by atoms with Crippen LogP contribution in [0.3, 0.4) is 0 Å². The summed E-state index contributed by atoms with van der Waals surface area (Å²) in [5.41, 5.74) is 1.04. The third kappa shape index (κ3) is 2.42. The normalized spacial score (nSPS) is 9.75. The molecule has 0 N–H and O–H groups in total. The zero-order valence-electron chi connectivity index (χ0n) is 8.65. The molecule has 1 aromatic carbocycles. The second-order valence-corrected chi connectivity index (χ2v) is 3.27. The number of carbonyl (C=O) groups excluding carboxylic acids is 1. The van der Waals surface area contributed by atoms with Gasteiger partial charge in [0.05, 0.1) is 6.54 Å². The summed E-state index contributed by atoms with van der Waals surface area (Å²) in [6.07, 6.45) is 3.97. The fourth-order valence-corrected chi connectivity index (χ4v) is 1.37. The van der Waals surface area contributed by atoms with Gasteiger partial charge in [0.15, 0.2) is 0 Å². The molecular weight excluding hydrogens is 202 g/mol. The van der Waals surface area contributed by atoms with Crippen LogP contribution in [0.15, 0.2) is 48.8 Å². The van der Waals surface area contributed by atoms with Crippen LogP contribution in [0.5, 0.6) is 0 Å². The molecule has 0 bridgehead atoms. The lowest BCUT2D eigenvalue weighted by atomic mass is 10.2. The molecule has 0 aliphatic rings. The fraction of sp³-hybridized carbons (Fsp3) is 0.0833. The van der Waals surface area contributed by atoms with E-state index in [1.807, 2.05) is 30.3 Å². The van der Waals surface area contributed by atoms with E-state index in [2.05, 4.69) is 9.97 Å². The molecule has 1 heterocycles. The lowest BCUT2D eigenvalue weighted by Gasteiger charge is -2.14. The Balaban J connectivity index is 2.16. The van der Waals surface area contributed by atoms with Gasteiger partial charge >= 0.3 is 0 Å². The monoisotopic (exact) mass is 213 g/mol. The molecule has 4 heteroatoms. The van der Waals surface area contributed by atoms with Gasteiger partial charge in [-0.2, -0.15) is 0 Å². The van der Waals surface area contributed by atoms with Gasteiger partial charge in [0.2, 0.25) is 12.4 Å². The lowest BCUT2D eigenvalue weighted by molar-refractivity contribution is -0.107. The van der Waals surface area contributed by atoms with E-state index in [-0.39, 0.29) is 0 Å². The maximum atomic E-state index is 11.0. The number of benzene rings is 1. The molecular formula is C12H11N3O. The Morgan fingerprint density at radius 3 is 2.38 bits per heavy atom. The molecule has 0 unspecified atom stereocenters. The van der Waals surface area contributed by atoms with Gasteiger partial charge in [-0.15, -0.1) is 0 Å². The maximum absolute atomic E-state index is 11.0. The summed E-state index contributed by atoms with van der Waals surface area (Å²) in [7, 11) is 0. The summed E-state index contributed by atoms with van der Waals surface area (Å²) < 4.78 is 0. The van der Waals surface area contributed by atoms with Crippen LogP contribution in [0, 0.1) is 0 Å². The van der Waals surface area contributed by atoms with Crippen molar-refractivity contribution in [1.29, 1.82) is 0 Å². The highest BCUT2D eigenvalue weighted by Gasteiger charge is 2.07. The third-order valence-electron chi connectivity index (χ3n) is 2.13. The van der Waals surface area contributed by atoms with E-state index in [1.54, 1.807) is 18.5 Å². The van der Waals surface area contributed by atoms with Gasteiger partial charge in [-0.1, -0.05) is 30.3 Å². The number of aromatic nitrogens is 2. The molecule has 1 aromatic heterocycles. The van der Waals surface area contributed by atoms with Crippen LogP contribution < -0.4 is 4.90 Å². The molecule has 2 rings (SSSR count). The summed E-state index contributed by atoms with van der Waals surface area (Å²) in [4.78, 5) is 20.5. The van der Waals surface area contributed by atoms with E-state index in [0.717, 1.165) is 12.0 Å². The Hall–Kier alpha value is -2.23. The van der Waals surface area contributed by atoms with Crippen molar-refractivity contribution in [2.75, 3.05) is 4.90 Å². The second-order valence-electron chi connectivity index (χ2n) is 3.27. The molecule has 80 valence electrons. The van der Waals surface area contributed by atoms with E-state index in [1.165, 1.54) is 4.90 Å². The number of anilines is 1. The Bertz CT molecular complexity index is 444. The predicted octanol–water partition coefficient (Wildman–Crippen LogP) is 1.64. The first-order chi connectivity index (χ1) is 7.90.